The highest BCUT2D eigenvalue weighted by atomic mass is 16.7. The van der Waals surface area contributed by atoms with Gasteiger partial charge in [-0.15, -0.1) is 0 Å². The van der Waals surface area contributed by atoms with Gasteiger partial charge in [-0.05, 0) is 56.2 Å². The summed E-state index contributed by atoms with van der Waals surface area (Å²) in [6, 6.07) is 3.37. The summed E-state index contributed by atoms with van der Waals surface area (Å²) in [5.41, 5.74) is -0.349. The van der Waals surface area contributed by atoms with Crippen LogP contribution in [0.2, 0.25) is 0 Å². The molecule has 3 aliphatic carbocycles. The van der Waals surface area contributed by atoms with Crippen LogP contribution in [-0.4, -0.2) is 104 Å². The van der Waals surface area contributed by atoms with Crippen LogP contribution in [0.25, 0.3) is 0 Å². The van der Waals surface area contributed by atoms with E-state index in [9.17, 15) is 35.1 Å². The number of piperidine rings is 1. The van der Waals surface area contributed by atoms with Crippen LogP contribution < -0.4 is 9.47 Å². The molecule has 0 aromatic heterocycles. The zero-order chi connectivity index (χ0) is 25.9. The standard InChI is InChI=1S/C26H31NO10/c28-13-5-6-26(34)15-9-12-3-4-14(35-24-19(31)17(29)18(30)21(37-24)23(32)33)20-16(12)25(26,22(13)36-20)7-8-27(15)10-11-1-2-11/h3-4,11,15,17-19,21-22,24,29-31,34H,1-2,5-10H2,(H,32,33). The number of carbonyl (C=O) groups excluding carboxylic acids is 1. The van der Waals surface area contributed by atoms with E-state index in [0.717, 1.165) is 24.2 Å². The number of ketones is 1. The summed E-state index contributed by atoms with van der Waals surface area (Å²) in [7, 11) is 0. The lowest BCUT2D eigenvalue weighted by molar-refractivity contribution is -0.271. The molecule has 1 aromatic rings. The van der Waals surface area contributed by atoms with Crippen molar-refractivity contribution >= 4 is 11.8 Å². The molecule has 2 saturated heterocycles. The average Bonchev–Trinajstić information content (AvgIpc) is 3.61. The highest BCUT2D eigenvalue weighted by Crippen LogP contribution is 2.65. The van der Waals surface area contributed by atoms with E-state index >= 15 is 0 Å². The number of hydrogen-bond donors (Lipinski definition) is 5. The van der Waals surface area contributed by atoms with Crippen LogP contribution in [0.4, 0.5) is 0 Å². The maximum Gasteiger partial charge on any atom is 0.335 e. The number of benzene rings is 1. The van der Waals surface area contributed by atoms with Crippen molar-refractivity contribution in [1.29, 1.82) is 0 Å². The maximum atomic E-state index is 13.2. The highest BCUT2D eigenvalue weighted by molar-refractivity contribution is 5.90. The molecule has 3 aliphatic heterocycles. The van der Waals surface area contributed by atoms with Crippen LogP contribution in [0.5, 0.6) is 11.5 Å². The van der Waals surface area contributed by atoms with Crippen LogP contribution in [0.15, 0.2) is 12.1 Å². The molecule has 37 heavy (non-hydrogen) atoms. The molecule has 1 spiro atoms. The molecule has 1 aromatic carbocycles. The van der Waals surface area contributed by atoms with Crippen LogP contribution >= 0.6 is 0 Å². The van der Waals surface area contributed by atoms with E-state index in [2.05, 4.69) is 4.90 Å². The zero-order valence-corrected chi connectivity index (χ0v) is 20.2. The fourth-order valence-electron chi connectivity index (χ4n) is 7.62. The minimum absolute atomic E-state index is 0.0764. The molecule has 4 fully saturated rings. The highest BCUT2D eigenvalue weighted by Gasteiger charge is 2.73. The minimum Gasteiger partial charge on any atom is -0.479 e. The molecule has 6 aliphatic rings. The first kappa shape index (κ1) is 23.8. The summed E-state index contributed by atoms with van der Waals surface area (Å²) < 4.78 is 17.5. The molecule has 3 heterocycles. The summed E-state index contributed by atoms with van der Waals surface area (Å²) >= 11 is 0. The Morgan fingerprint density at radius 1 is 1.14 bits per heavy atom. The number of carbonyl (C=O) groups is 2. The Labute approximate surface area is 212 Å². The van der Waals surface area contributed by atoms with Gasteiger partial charge >= 0.3 is 5.97 Å². The van der Waals surface area contributed by atoms with Gasteiger partial charge in [-0.25, -0.2) is 4.79 Å². The Morgan fingerprint density at radius 2 is 1.92 bits per heavy atom. The van der Waals surface area contributed by atoms with Gasteiger partial charge in [0.25, 0.3) is 0 Å². The van der Waals surface area contributed by atoms with Gasteiger partial charge in [-0.1, -0.05) is 6.07 Å². The predicted octanol–water partition coefficient (Wildman–Crippen LogP) is -0.909. The molecule has 9 atom stereocenters. The molecule has 2 saturated carbocycles. The van der Waals surface area contributed by atoms with E-state index in [1.165, 1.54) is 12.8 Å². The van der Waals surface area contributed by atoms with Gasteiger partial charge in [0, 0.05) is 24.6 Å². The Bertz CT molecular complexity index is 1170. The van der Waals surface area contributed by atoms with E-state index in [1.54, 1.807) is 6.07 Å². The number of ether oxygens (including phenoxy) is 3. The number of aliphatic hydroxyl groups is 4. The van der Waals surface area contributed by atoms with Crippen molar-refractivity contribution in [3.05, 3.63) is 23.3 Å². The van der Waals surface area contributed by atoms with Crippen LogP contribution in [0, 0.1) is 5.92 Å². The molecule has 0 radical (unpaired) electrons. The van der Waals surface area contributed by atoms with E-state index < -0.39 is 53.8 Å². The van der Waals surface area contributed by atoms with Crippen LogP contribution in [0.3, 0.4) is 0 Å². The topological polar surface area (TPSA) is 166 Å². The monoisotopic (exact) mass is 517 g/mol. The number of rotatable bonds is 5. The largest absolute Gasteiger partial charge is 0.479 e. The second kappa shape index (κ2) is 7.87. The second-order valence-electron chi connectivity index (χ2n) is 11.5. The molecular weight excluding hydrogens is 486 g/mol. The quantitative estimate of drug-likeness (QED) is 0.328. The number of likely N-dealkylation sites (tertiary alicyclic amines) is 1. The molecule has 200 valence electrons. The lowest BCUT2D eigenvalue weighted by atomic mass is 9.49. The van der Waals surface area contributed by atoms with Crippen molar-refractivity contribution in [3.63, 3.8) is 0 Å². The number of carboxylic acids is 1. The molecule has 11 nitrogen and oxygen atoms in total. The van der Waals surface area contributed by atoms with Crippen molar-refractivity contribution in [2.45, 2.75) is 92.4 Å². The number of aliphatic carboxylic acids is 1. The third-order valence-electron chi connectivity index (χ3n) is 9.60. The zero-order valence-electron chi connectivity index (χ0n) is 20.2. The lowest BCUT2D eigenvalue weighted by Gasteiger charge is -2.62. The van der Waals surface area contributed by atoms with E-state index in [4.69, 9.17) is 14.2 Å². The fraction of sp³-hybridized carbons (Fsp3) is 0.692. The number of nitrogens with zero attached hydrogens (tertiary/aromatic N) is 1. The van der Waals surface area contributed by atoms with Crippen molar-refractivity contribution in [3.8, 4) is 11.5 Å². The predicted molar refractivity (Wildman–Crippen MR) is 123 cm³/mol. The van der Waals surface area contributed by atoms with Gasteiger partial charge in [0.1, 0.15) is 18.3 Å². The van der Waals surface area contributed by atoms with E-state index in [-0.39, 0.29) is 29.7 Å². The molecule has 2 bridgehead atoms. The Balaban J connectivity index is 1.29. The molecule has 0 amide bonds. The first-order valence-corrected chi connectivity index (χ1v) is 13.1. The summed E-state index contributed by atoms with van der Waals surface area (Å²) in [6.07, 6.45) is -5.51. The second-order valence-corrected chi connectivity index (χ2v) is 11.5. The van der Waals surface area contributed by atoms with Crippen molar-refractivity contribution in [2.24, 2.45) is 5.92 Å². The SMILES string of the molecule is O=C(O)C1OC(Oc2ccc3c4c2OC2C(=O)CCC5(O)C(C3)N(CC3CC3)CCC425)C(O)C(O)C1O. The van der Waals surface area contributed by atoms with Crippen molar-refractivity contribution in [1.82, 2.24) is 4.90 Å². The Kier molecular flexibility index (Phi) is 5.07. The molecular formula is C26H31NO10. The van der Waals surface area contributed by atoms with E-state index in [0.29, 0.717) is 25.2 Å². The fourth-order valence-corrected chi connectivity index (χ4v) is 7.62. The van der Waals surface area contributed by atoms with Crippen molar-refractivity contribution in [2.75, 3.05) is 13.1 Å². The molecule has 7 rings (SSSR count). The van der Waals surface area contributed by atoms with Crippen LogP contribution in [-0.2, 0) is 26.2 Å². The summed E-state index contributed by atoms with van der Waals surface area (Å²) in [5, 5.41) is 52.4. The van der Waals surface area contributed by atoms with Gasteiger partial charge in [-0.2, -0.15) is 0 Å². The van der Waals surface area contributed by atoms with Gasteiger partial charge in [0.15, 0.2) is 29.5 Å². The van der Waals surface area contributed by atoms with Crippen LogP contribution in [0.1, 0.15) is 43.2 Å². The third kappa shape index (κ3) is 3.09. The van der Waals surface area contributed by atoms with E-state index in [1.807, 2.05) is 6.07 Å². The van der Waals surface area contributed by atoms with Gasteiger partial charge in [-0.3, -0.25) is 9.69 Å². The van der Waals surface area contributed by atoms with Gasteiger partial charge in [0.05, 0.1) is 11.0 Å². The average molecular weight is 518 g/mol. The first-order valence-electron chi connectivity index (χ1n) is 13.1. The summed E-state index contributed by atoms with van der Waals surface area (Å²) in [4.78, 5) is 27.1. The number of Topliss-reactive ketones (excluding diaryl/α,β-unsaturated/α-hetero) is 1. The smallest absolute Gasteiger partial charge is 0.335 e. The summed E-state index contributed by atoms with van der Waals surface area (Å²) in [6.45, 7) is 1.69. The Hall–Kier alpha value is -2.28. The number of aliphatic hydroxyl groups excluding tert-OH is 3. The van der Waals surface area contributed by atoms with Gasteiger partial charge in [0.2, 0.25) is 6.29 Å². The lowest BCUT2D eigenvalue weighted by Crippen LogP contribution is -2.76. The normalized spacial score (nSPS) is 44.2. The minimum atomic E-state index is -1.84. The Morgan fingerprint density at radius 3 is 2.65 bits per heavy atom. The number of hydrogen-bond acceptors (Lipinski definition) is 10. The van der Waals surface area contributed by atoms with Gasteiger partial charge < -0.3 is 39.7 Å². The molecule has 5 N–H and O–H groups in total. The maximum absolute atomic E-state index is 13.2. The van der Waals surface area contributed by atoms with Crippen molar-refractivity contribution < 1.29 is 49.3 Å². The number of carboxylic acid groups (broad SMARTS) is 1. The molecule has 9 unspecified atom stereocenters. The molecule has 11 heteroatoms. The third-order valence-corrected chi connectivity index (χ3v) is 9.60. The first-order chi connectivity index (χ1) is 17.7. The summed E-state index contributed by atoms with van der Waals surface area (Å²) in [5.74, 6) is -0.520.